The van der Waals surface area contributed by atoms with E-state index in [9.17, 15) is 17.2 Å². The third kappa shape index (κ3) is 4.53. The van der Waals surface area contributed by atoms with Gasteiger partial charge in [-0.3, -0.25) is 0 Å². The first-order valence-electron chi connectivity index (χ1n) is 6.71. The van der Waals surface area contributed by atoms with Crippen LogP contribution in [0.15, 0.2) is 50.2 Å². The summed E-state index contributed by atoms with van der Waals surface area (Å²) in [6, 6.07) is 7.58. The monoisotopic (exact) mass is 483 g/mol. The van der Waals surface area contributed by atoms with Gasteiger partial charge in [0.05, 0.1) is 0 Å². The summed E-state index contributed by atoms with van der Waals surface area (Å²) in [6.07, 6.45) is 0. The van der Waals surface area contributed by atoms with Gasteiger partial charge in [-0.15, -0.1) is 0 Å². The molecule has 0 bridgehead atoms. The second-order valence-electron chi connectivity index (χ2n) is 4.83. The van der Waals surface area contributed by atoms with Gasteiger partial charge in [0, 0.05) is 22.5 Å². The zero-order chi connectivity index (χ0) is 17.9. The van der Waals surface area contributed by atoms with E-state index in [1.54, 1.807) is 0 Å². The highest BCUT2D eigenvalue weighted by atomic mass is 79.9. The topological polar surface area (TPSA) is 46.6 Å². The summed E-state index contributed by atoms with van der Waals surface area (Å²) in [4.78, 5) is -0.0619. The number of likely N-dealkylation sites (N-methyl/N-ethyl adjacent to an activating group) is 1. The first kappa shape index (κ1) is 19.3. The lowest BCUT2D eigenvalue weighted by Crippen LogP contribution is -2.31. The molecule has 0 N–H and O–H groups in total. The average Bonchev–Trinajstić information content (AvgIpc) is 2.47. The second kappa shape index (κ2) is 7.90. The molecule has 4 nitrogen and oxygen atoms in total. The van der Waals surface area contributed by atoms with E-state index in [1.807, 2.05) is 0 Å². The van der Waals surface area contributed by atoms with Gasteiger partial charge in [0.25, 0.3) is 0 Å². The molecular formula is C15H13Br2F2NO3S. The van der Waals surface area contributed by atoms with E-state index in [-0.39, 0.29) is 32.8 Å². The van der Waals surface area contributed by atoms with Crippen molar-refractivity contribution in [2.75, 3.05) is 20.2 Å². The molecule has 0 saturated carbocycles. The van der Waals surface area contributed by atoms with E-state index in [1.165, 1.54) is 31.3 Å². The van der Waals surface area contributed by atoms with Crippen molar-refractivity contribution in [1.82, 2.24) is 4.31 Å². The third-order valence-electron chi connectivity index (χ3n) is 3.12. The molecule has 0 spiro atoms. The van der Waals surface area contributed by atoms with Crippen LogP contribution in [0, 0.1) is 11.6 Å². The fraction of sp³-hybridized carbons (Fsp3) is 0.200. The molecule has 0 saturated heterocycles. The van der Waals surface area contributed by atoms with E-state index < -0.39 is 15.8 Å². The van der Waals surface area contributed by atoms with E-state index in [2.05, 4.69) is 31.9 Å². The molecule has 0 fully saturated rings. The predicted molar refractivity (Wildman–Crippen MR) is 93.5 cm³/mol. The van der Waals surface area contributed by atoms with E-state index in [0.717, 1.165) is 16.4 Å². The van der Waals surface area contributed by atoms with Crippen LogP contribution in [0.3, 0.4) is 0 Å². The number of halogens is 4. The number of sulfonamides is 1. The van der Waals surface area contributed by atoms with Crippen molar-refractivity contribution < 1.29 is 21.9 Å². The Morgan fingerprint density at radius 1 is 1.04 bits per heavy atom. The van der Waals surface area contributed by atoms with Crippen LogP contribution in [-0.2, 0) is 10.0 Å². The molecule has 2 aromatic carbocycles. The first-order chi connectivity index (χ1) is 11.2. The summed E-state index contributed by atoms with van der Waals surface area (Å²) in [7, 11) is -2.45. The Balaban J connectivity index is 2.08. The predicted octanol–water partition coefficient (Wildman–Crippen LogP) is 4.19. The lowest BCUT2D eigenvalue weighted by molar-refractivity contribution is 0.286. The summed E-state index contributed by atoms with van der Waals surface area (Å²) < 4.78 is 58.1. The smallest absolute Gasteiger partial charge is 0.245 e. The van der Waals surface area contributed by atoms with Gasteiger partial charge < -0.3 is 4.74 Å². The van der Waals surface area contributed by atoms with Crippen LogP contribution in [-0.4, -0.2) is 32.9 Å². The molecule has 0 unspecified atom stereocenters. The Labute approximate surface area is 155 Å². The van der Waals surface area contributed by atoms with Crippen molar-refractivity contribution >= 4 is 41.9 Å². The number of rotatable bonds is 6. The Kier molecular flexibility index (Phi) is 6.35. The molecule has 0 radical (unpaired) electrons. The van der Waals surface area contributed by atoms with Crippen LogP contribution in [0.1, 0.15) is 0 Å². The van der Waals surface area contributed by atoms with Crippen LogP contribution >= 0.6 is 31.9 Å². The zero-order valence-electron chi connectivity index (χ0n) is 12.5. The summed E-state index contributed by atoms with van der Waals surface area (Å²) in [6.45, 7) is 0.147. The number of nitrogens with zero attached hydrogens (tertiary/aromatic N) is 1. The zero-order valence-corrected chi connectivity index (χ0v) is 16.5. The Hall–Kier alpha value is -1.03. The van der Waals surface area contributed by atoms with Gasteiger partial charge >= 0.3 is 0 Å². The maximum absolute atomic E-state index is 13.3. The fourth-order valence-corrected chi connectivity index (χ4v) is 5.47. The highest BCUT2D eigenvalue weighted by molar-refractivity contribution is 9.11. The van der Waals surface area contributed by atoms with Crippen molar-refractivity contribution in [3.05, 3.63) is 57.0 Å². The number of benzene rings is 2. The largest absolute Gasteiger partial charge is 0.492 e. The highest BCUT2D eigenvalue weighted by Gasteiger charge is 2.26. The van der Waals surface area contributed by atoms with Crippen LogP contribution in [0.2, 0.25) is 0 Å². The third-order valence-corrected chi connectivity index (χ3v) is 6.85. The standard InChI is InChI=1S/C15H13Br2F2NO3S/c1-20(6-7-23-12-4-2-10(18)3-5-12)24(21,22)15-13(16)8-11(19)9-14(15)17/h2-5,8-9H,6-7H2,1H3. The van der Waals surface area contributed by atoms with Crippen molar-refractivity contribution in [2.24, 2.45) is 0 Å². The second-order valence-corrected chi connectivity index (χ2v) is 8.52. The van der Waals surface area contributed by atoms with Gasteiger partial charge in [0.1, 0.15) is 28.9 Å². The molecule has 2 rings (SSSR count). The molecular weight excluding hydrogens is 472 g/mol. The van der Waals surface area contributed by atoms with Gasteiger partial charge in [-0.25, -0.2) is 17.2 Å². The highest BCUT2D eigenvalue weighted by Crippen LogP contribution is 2.32. The fourth-order valence-electron chi connectivity index (χ4n) is 1.87. The molecule has 0 aromatic heterocycles. The maximum atomic E-state index is 13.3. The van der Waals surface area contributed by atoms with Gasteiger partial charge in [-0.05, 0) is 68.3 Å². The molecule has 0 aliphatic rings. The van der Waals surface area contributed by atoms with Crippen LogP contribution in [0.5, 0.6) is 5.75 Å². The normalized spacial score (nSPS) is 11.8. The molecule has 130 valence electrons. The van der Waals surface area contributed by atoms with Crippen molar-refractivity contribution in [2.45, 2.75) is 4.90 Å². The lowest BCUT2D eigenvalue weighted by Gasteiger charge is -2.19. The van der Waals surface area contributed by atoms with E-state index in [4.69, 9.17) is 4.74 Å². The summed E-state index contributed by atoms with van der Waals surface area (Å²) in [5, 5.41) is 0. The van der Waals surface area contributed by atoms with Crippen molar-refractivity contribution in [3.8, 4) is 5.75 Å². The van der Waals surface area contributed by atoms with Crippen LogP contribution < -0.4 is 4.74 Å². The number of hydrogen-bond acceptors (Lipinski definition) is 3. The van der Waals surface area contributed by atoms with Gasteiger partial charge in [0.2, 0.25) is 10.0 Å². The molecule has 0 aliphatic heterocycles. The minimum absolute atomic E-state index is 0.0619. The average molecular weight is 485 g/mol. The van der Waals surface area contributed by atoms with Crippen molar-refractivity contribution in [3.63, 3.8) is 0 Å². The Morgan fingerprint density at radius 2 is 1.58 bits per heavy atom. The first-order valence-corrected chi connectivity index (χ1v) is 9.73. The molecule has 0 amide bonds. The summed E-state index contributed by atoms with van der Waals surface area (Å²) >= 11 is 6.14. The lowest BCUT2D eigenvalue weighted by atomic mass is 10.3. The summed E-state index contributed by atoms with van der Waals surface area (Å²) in [5.41, 5.74) is 0. The van der Waals surface area contributed by atoms with E-state index >= 15 is 0 Å². The Bertz CT molecular complexity index is 806. The molecule has 0 atom stereocenters. The van der Waals surface area contributed by atoms with Gasteiger partial charge in [-0.2, -0.15) is 4.31 Å². The molecule has 2 aromatic rings. The maximum Gasteiger partial charge on any atom is 0.245 e. The van der Waals surface area contributed by atoms with Crippen LogP contribution in [0.4, 0.5) is 8.78 Å². The molecule has 24 heavy (non-hydrogen) atoms. The molecule has 9 heteroatoms. The SMILES string of the molecule is CN(CCOc1ccc(F)cc1)S(=O)(=O)c1c(Br)cc(F)cc1Br. The molecule has 0 aliphatic carbocycles. The van der Waals surface area contributed by atoms with Crippen LogP contribution in [0.25, 0.3) is 0 Å². The van der Waals surface area contributed by atoms with Gasteiger partial charge in [-0.1, -0.05) is 0 Å². The number of hydrogen-bond donors (Lipinski definition) is 0. The summed E-state index contributed by atoms with van der Waals surface area (Å²) in [5.74, 6) is -0.505. The number of ether oxygens (including phenoxy) is 1. The van der Waals surface area contributed by atoms with Crippen molar-refractivity contribution in [1.29, 1.82) is 0 Å². The Morgan fingerprint density at radius 3 is 2.12 bits per heavy atom. The minimum atomic E-state index is -3.85. The minimum Gasteiger partial charge on any atom is -0.492 e. The van der Waals surface area contributed by atoms with Gasteiger partial charge in [0.15, 0.2) is 0 Å². The van der Waals surface area contributed by atoms with E-state index in [0.29, 0.717) is 5.75 Å². The quantitative estimate of drug-likeness (QED) is 0.617. The molecule has 0 heterocycles.